The lowest BCUT2D eigenvalue weighted by atomic mass is 9.55. The number of benzene rings is 1. The van der Waals surface area contributed by atoms with Gasteiger partial charge in [-0.1, -0.05) is 55.8 Å². The monoisotopic (exact) mass is 797 g/mol. The molecular formula is C44H67N3O10. The van der Waals surface area contributed by atoms with Crippen LogP contribution < -0.4 is 14.8 Å². The Morgan fingerprint density at radius 2 is 1.81 bits per heavy atom. The predicted octanol–water partition coefficient (Wildman–Crippen LogP) is 6.26. The highest BCUT2D eigenvalue weighted by Crippen LogP contribution is 2.62. The van der Waals surface area contributed by atoms with E-state index in [4.69, 9.17) is 28.9 Å². The fraction of sp³-hybridized carbons (Fsp3) is 0.705. The van der Waals surface area contributed by atoms with E-state index in [9.17, 15) is 24.9 Å². The van der Waals surface area contributed by atoms with Gasteiger partial charge in [0.2, 0.25) is 11.7 Å². The number of carbonyl (C=O) groups is 2. The third-order valence-electron chi connectivity index (χ3n) is 12.1. The topological polar surface area (TPSA) is 169 Å². The van der Waals surface area contributed by atoms with Gasteiger partial charge in [-0.15, -0.1) is 6.58 Å². The number of nitrogens with zero attached hydrogens (tertiary/aromatic N) is 2. The lowest BCUT2D eigenvalue weighted by Crippen LogP contribution is -2.70. The minimum Gasteiger partial charge on any atom is -0.459 e. The van der Waals surface area contributed by atoms with Crippen LogP contribution in [0, 0.1) is 23.7 Å². The minimum absolute atomic E-state index is 0.0157. The molecule has 2 amide bonds. The van der Waals surface area contributed by atoms with Gasteiger partial charge < -0.3 is 49.3 Å². The summed E-state index contributed by atoms with van der Waals surface area (Å²) in [6.45, 7) is 9.34. The molecule has 1 aromatic carbocycles. The Morgan fingerprint density at radius 1 is 1.04 bits per heavy atom. The number of aliphatic hydroxyl groups is 3. The first kappa shape index (κ1) is 44.6. The van der Waals surface area contributed by atoms with Crippen LogP contribution in [0.3, 0.4) is 0 Å². The summed E-state index contributed by atoms with van der Waals surface area (Å²) in [4.78, 5) is 35.1. The number of oxime groups is 1. The molecule has 1 aromatic rings. The highest BCUT2D eigenvalue weighted by atomic mass is 16.7. The molecule has 318 valence electrons. The summed E-state index contributed by atoms with van der Waals surface area (Å²) in [5, 5.41) is 36.7. The summed E-state index contributed by atoms with van der Waals surface area (Å²) in [5.74, 6) is -0.548. The van der Waals surface area contributed by atoms with Crippen molar-refractivity contribution in [3.63, 3.8) is 0 Å². The molecule has 2 fully saturated rings. The zero-order chi connectivity index (χ0) is 40.6. The fourth-order valence-corrected chi connectivity index (χ4v) is 9.70. The molecule has 0 bridgehead atoms. The first-order valence-electron chi connectivity index (χ1n) is 21.5. The van der Waals surface area contributed by atoms with Crippen LogP contribution in [-0.4, -0.2) is 109 Å². The van der Waals surface area contributed by atoms with E-state index < -0.39 is 23.8 Å². The average Bonchev–Trinajstić information content (AvgIpc) is 3.74. The molecule has 1 aliphatic heterocycles. The zero-order valence-electron chi connectivity index (χ0n) is 34.2. The summed E-state index contributed by atoms with van der Waals surface area (Å²) in [5.41, 5.74) is 2.53. The number of hydrogen-bond donors (Lipinski definition) is 4. The van der Waals surface area contributed by atoms with Gasteiger partial charge in [0.25, 0.3) is 0 Å². The minimum atomic E-state index is -1.39. The molecule has 4 aliphatic rings. The maximum atomic E-state index is 14.7. The van der Waals surface area contributed by atoms with Gasteiger partial charge >= 0.3 is 6.09 Å². The molecule has 0 aromatic heterocycles. The van der Waals surface area contributed by atoms with Gasteiger partial charge in [0.15, 0.2) is 0 Å². The Labute approximate surface area is 338 Å². The van der Waals surface area contributed by atoms with Crippen LogP contribution in [0.25, 0.3) is 0 Å². The molecule has 0 radical (unpaired) electrons. The largest absolute Gasteiger partial charge is 0.459 e. The highest BCUT2D eigenvalue weighted by molar-refractivity contribution is 6.03. The van der Waals surface area contributed by atoms with Gasteiger partial charge in [-0.05, 0) is 87.5 Å². The van der Waals surface area contributed by atoms with Crippen LogP contribution in [0.1, 0.15) is 109 Å². The van der Waals surface area contributed by atoms with Gasteiger partial charge in [0.05, 0.1) is 38.1 Å². The Hall–Kier alpha value is -3.49. The van der Waals surface area contributed by atoms with E-state index >= 15 is 0 Å². The van der Waals surface area contributed by atoms with Gasteiger partial charge in [0.1, 0.15) is 24.1 Å². The van der Waals surface area contributed by atoms with Crippen LogP contribution in [0.5, 0.6) is 11.5 Å². The van der Waals surface area contributed by atoms with E-state index in [1.165, 1.54) is 12.8 Å². The Morgan fingerprint density at radius 3 is 2.51 bits per heavy atom. The Kier molecular flexibility index (Phi) is 17.7. The smallest absolute Gasteiger partial charge is 0.412 e. The summed E-state index contributed by atoms with van der Waals surface area (Å²) in [7, 11) is 0. The number of nitrogens with one attached hydrogen (secondary N) is 1. The molecule has 3 aliphatic carbocycles. The third-order valence-corrected chi connectivity index (χ3v) is 12.1. The number of ether oxygens (including phenoxy) is 4. The summed E-state index contributed by atoms with van der Waals surface area (Å²) >= 11 is 0. The molecule has 13 nitrogen and oxygen atoms in total. The van der Waals surface area contributed by atoms with Crippen molar-refractivity contribution in [3.8, 4) is 11.5 Å². The third kappa shape index (κ3) is 11.0. The molecular weight excluding hydrogens is 730 g/mol. The predicted molar refractivity (Wildman–Crippen MR) is 217 cm³/mol. The number of unbranched alkanes of at least 4 members (excludes halogenated alkanes) is 2. The molecule has 6 unspecified atom stereocenters. The quantitative estimate of drug-likeness (QED) is 0.0533. The second kappa shape index (κ2) is 22.6. The number of aliphatic hydroxyl groups excluding tert-OH is 3. The zero-order valence-corrected chi connectivity index (χ0v) is 34.2. The van der Waals surface area contributed by atoms with E-state index in [1.807, 2.05) is 30.9 Å². The second-order valence-corrected chi connectivity index (χ2v) is 15.7. The highest BCUT2D eigenvalue weighted by Gasteiger charge is 2.65. The van der Waals surface area contributed by atoms with Crippen molar-refractivity contribution >= 4 is 17.7 Å². The maximum Gasteiger partial charge on any atom is 0.412 e. The lowest BCUT2D eigenvalue weighted by Gasteiger charge is -2.60. The number of carbonyl (C=O) groups excluding carboxylic acids is 2. The standard InChI is InChI=1S/C44H67N3O10/c1-4-25-54-44-39(47(21-26-53-27-24-50)40(51)20-17-31-13-7-8-14-31)30-37(46-55-6-3)35-28-32(15-9-11-22-48)34(16-10-12-23-49)41(42(35)44)36-29-33(18-19-38(36)57-44)56-43(52)45-5-2/h4,18-19,28-29,31-32,34,39,41-42,48-50H,1,5-17,20-27,30H2,2-3H3,(H,45,52). The first-order valence-corrected chi connectivity index (χ1v) is 21.5. The molecule has 13 heteroatoms. The molecule has 6 atom stereocenters. The van der Waals surface area contributed by atoms with Gasteiger partial charge in [0, 0.05) is 50.6 Å². The van der Waals surface area contributed by atoms with E-state index in [1.54, 1.807) is 12.1 Å². The molecule has 2 saturated carbocycles. The van der Waals surface area contributed by atoms with Crippen LogP contribution in [0.2, 0.25) is 0 Å². The van der Waals surface area contributed by atoms with Crippen LogP contribution >= 0.6 is 0 Å². The van der Waals surface area contributed by atoms with Crippen molar-refractivity contribution in [3.05, 3.63) is 48.1 Å². The van der Waals surface area contributed by atoms with E-state index in [-0.39, 0.29) is 69.8 Å². The van der Waals surface area contributed by atoms with Crippen molar-refractivity contribution in [2.75, 3.05) is 59.3 Å². The number of amides is 2. The molecule has 1 heterocycles. The summed E-state index contributed by atoms with van der Waals surface area (Å²) in [6, 6.07) is 4.80. The van der Waals surface area contributed by atoms with Gasteiger partial charge in [-0.3, -0.25) is 4.79 Å². The lowest BCUT2D eigenvalue weighted by molar-refractivity contribution is -0.258. The number of allylic oxidation sites excluding steroid dienone is 1. The molecule has 4 N–H and O–H groups in total. The Bertz CT molecular complexity index is 1510. The van der Waals surface area contributed by atoms with Gasteiger partial charge in [-0.2, -0.15) is 0 Å². The van der Waals surface area contributed by atoms with Crippen LogP contribution in [0.15, 0.2) is 47.7 Å². The normalized spacial score (nSPS) is 25.9. The molecule has 0 spiro atoms. The fourth-order valence-electron chi connectivity index (χ4n) is 9.70. The van der Waals surface area contributed by atoms with Crippen molar-refractivity contribution < 1.29 is 48.7 Å². The SMILES string of the molecule is C=CCOC12Oc3ccc(OC(=O)NCC)cc3C3C(CCCCO)C(CCCCO)C=C(C(=NOCC)CC1N(CCOCCO)C(=O)CCC1CCCC1)C32. The Balaban J connectivity index is 1.72. The van der Waals surface area contributed by atoms with Crippen LogP contribution in [-0.2, 0) is 19.1 Å². The summed E-state index contributed by atoms with van der Waals surface area (Å²) in [6.07, 6.45) is 14.1. The van der Waals surface area contributed by atoms with Crippen molar-refractivity contribution in [2.24, 2.45) is 28.8 Å². The molecule has 5 rings (SSSR count). The first-order chi connectivity index (χ1) is 27.8. The van der Waals surface area contributed by atoms with E-state index in [2.05, 4.69) is 18.0 Å². The summed E-state index contributed by atoms with van der Waals surface area (Å²) < 4.78 is 25.9. The average molecular weight is 798 g/mol. The van der Waals surface area contributed by atoms with Crippen molar-refractivity contribution in [1.82, 2.24) is 10.2 Å². The maximum absolute atomic E-state index is 14.7. The van der Waals surface area contributed by atoms with Gasteiger partial charge in [-0.25, -0.2) is 4.79 Å². The van der Waals surface area contributed by atoms with Crippen molar-refractivity contribution in [2.45, 2.75) is 115 Å². The number of rotatable bonds is 24. The second-order valence-electron chi connectivity index (χ2n) is 15.7. The number of hydrogen-bond acceptors (Lipinski definition) is 11. The van der Waals surface area contributed by atoms with E-state index in [0.717, 1.165) is 61.8 Å². The van der Waals surface area contributed by atoms with Crippen molar-refractivity contribution in [1.29, 1.82) is 0 Å². The molecule has 57 heavy (non-hydrogen) atoms. The molecule has 0 saturated heterocycles. The van der Waals surface area contributed by atoms with E-state index in [0.29, 0.717) is 56.3 Å². The number of fused-ring (bicyclic) bond motifs is 2. The van der Waals surface area contributed by atoms with Crippen LogP contribution in [0.4, 0.5) is 4.79 Å².